The highest BCUT2D eigenvalue weighted by Gasteiger charge is 2.12. The van der Waals surface area contributed by atoms with Crippen molar-refractivity contribution in [3.63, 3.8) is 0 Å². The summed E-state index contributed by atoms with van der Waals surface area (Å²) in [4.78, 5) is 8.16. The van der Waals surface area contributed by atoms with Crippen LogP contribution in [0.25, 0.3) is 22.4 Å². The minimum atomic E-state index is -0.254. The van der Waals surface area contributed by atoms with Gasteiger partial charge in [0.15, 0.2) is 0 Å². The zero-order valence-corrected chi connectivity index (χ0v) is 16.4. The van der Waals surface area contributed by atoms with E-state index in [0.717, 1.165) is 35.3 Å². The molecule has 1 heterocycles. The molecule has 0 aliphatic carbocycles. The van der Waals surface area contributed by atoms with Crippen LogP contribution in [-0.4, -0.2) is 9.97 Å². The third kappa shape index (κ3) is 4.12. The van der Waals surface area contributed by atoms with Gasteiger partial charge in [-0.25, -0.2) is 9.37 Å². The third-order valence-corrected chi connectivity index (χ3v) is 5.24. The minimum Gasteiger partial charge on any atom is -0.338 e. The van der Waals surface area contributed by atoms with Gasteiger partial charge in [-0.15, -0.1) is 0 Å². The topological polar surface area (TPSA) is 28.7 Å². The lowest BCUT2D eigenvalue weighted by Crippen LogP contribution is -1.95. The summed E-state index contributed by atoms with van der Waals surface area (Å²) in [5.74, 6) is 0.520. The molecule has 0 amide bonds. The Kier molecular flexibility index (Phi) is 5.89. The maximum absolute atomic E-state index is 13.3. The minimum absolute atomic E-state index is 0.254. The molecule has 0 spiro atoms. The fraction of sp³-hybridized carbons (Fsp3) is 0.381. The van der Waals surface area contributed by atoms with E-state index in [0.29, 0.717) is 4.47 Å². The molecule has 0 fully saturated rings. The molecule has 4 heteroatoms. The van der Waals surface area contributed by atoms with E-state index in [1.54, 1.807) is 6.07 Å². The lowest BCUT2D eigenvalue weighted by Gasteiger charge is -2.09. The van der Waals surface area contributed by atoms with E-state index < -0.39 is 0 Å². The summed E-state index contributed by atoms with van der Waals surface area (Å²) in [5.41, 5.74) is 5.76. The normalized spacial score (nSPS) is 11.4. The van der Waals surface area contributed by atoms with Crippen LogP contribution in [0.15, 0.2) is 34.8 Å². The molecule has 0 saturated heterocycles. The quantitative estimate of drug-likeness (QED) is 0.461. The summed E-state index contributed by atoms with van der Waals surface area (Å²) in [6.45, 7) is 4.45. The molecule has 0 radical (unpaired) electrons. The molecule has 2 aromatic carbocycles. The standard InChI is InChI=1S/C21H24BrFN2/c1-3-5-7-14-11-19-20(12-15(14)8-6-4-2)25-21(24-19)17-10-9-16(23)13-18(17)22/h9-13H,3-8H2,1-2H3,(H,24,25). The second-order valence-electron chi connectivity index (χ2n) is 6.55. The number of aryl methyl sites for hydroxylation is 2. The van der Waals surface area contributed by atoms with Gasteiger partial charge in [-0.1, -0.05) is 26.7 Å². The van der Waals surface area contributed by atoms with E-state index in [1.807, 2.05) is 0 Å². The highest BCUT2D eigenvalue weighted by atomic mass is 79.9. The number of aromatic amines is 1. The van der Waals surface area contributed by atoms with Crippen LogP contribution in [-0.2, 0) is 12.8 Å². The molecule has 3 rings (SSSR count). The van der Waals surface area contributed by atoms with Crippen molar-refractivity contribution in [3.8, 4) is 11.4 Å². The Labute approximate surface area is 157 Å². The molecule has 0 atom stereocenters. The summed E-state index contributed by atoms with van der Waals surface area (Å²) >= 11 is 3.44. The first kappa shape index (κ1) is 18.1. The van der Waals surface area contributed by atoms with Gasteiger partial charge in [0.25, 0.3) is 0 Å². The number of nitrogens with one attached hydrogen (secondary N) is 1. The van der Waals surface area contributed by atoms with Gasteiger partial charge in [-0.05, 0) is 83.1 Å². The molecule has 25 heavy (non-hydrogen) atoms. The Balaban J connectivity index is 2.03. The van der Waals surface area contributed by atoms with Gasteiger partial charge in [0.2, 0.25) is 0 Å². The number of nitrogens with zero attached hydrogens (tertiary/aromatic N) is 1. The van der Waals surface area contributed by atoms with Crippen LogP contribution in [0.3, 0.4) is 0 Å². The molecule has 3 aromatic rings. The molecular weight excluding hydrogens is 379 g/mol. The molecule has 0 saturated carbocycles. The Hall–Kier alpha value is -1.68. The van der Waals surface area contributed by atoms with Crippen LogP contribution in [0.5, 0.6) is 0 Å². The predicted octanol–water partition coefficient (Wildman–Crippen LogP) is 6.82. The van der Waals surface area contributed by atoms with Crippen LogP contribution in [0, 0.1) is 5.82 Å². The van der Waals surface area contributed by atoms with Gasteiger partial charge in [0.1, 0.15) is 11.6 Å². The monoisotopic (exact) mass is 402 g/mol. The molecule has 132 valence electrons. The smallest absolute Gasteiger partial charge is 0.139 e. The first-order chi connectivity index (χ1) is 12.1. The molecule has 2 nitrogen and oxygen atoms in total. The van der Waals surface area contributed by atoms with Gasteiger partial charge in [-0.2, -0.15) is 0 Å². The van der Waals surface area contributed by atoms with E-state index in [1.165, 1.54) is 48.9 Å². The fourth-order valence-corrected chi connectivity index (χ4v) is 3.69. The summed E-state index contributed by atoms with van der Waals surface area (Å²) in [6, 6.07) is 9.18. The van der Waals surface area contributed by atoms with Crippen molar-refractivity contribution in [2.45, 2.75) is 52.4 Å². The number of H-pyrrole nitrogens is 1. The van der Waals surface area contributed by atoms with Crippen LogP contribution < -0.4 is 0 Å². The number of benzene rings is 2. The molecule has 0 unspecified atom stereocenters. The number of halogens is 2. The Morgan fingerprint density at radius 1 is 1.00 bits per heavy atom. The van der Waals surface area contributed by atoms with Crippen molar-refractivity contribution in [3.05, 3.63) is 51.7 Å². The zero-order valence-electron chi connectivity index (χ0n) is 14.8. The van der Waals surface area contributed by atoms with Crippen molar-refractivity contribution < 1.29 is 4.39 Å². The number of hydrogen-bond acceptors (Lipinski definition) is 1. The van der Waals surface area contributed by atoms with E-state index in [-0.39, 0.29) is 5.82 Å². The third-order valence-electron chi connectivity index (χ3n) is 4.59. The van der Waals surface area contributed by atoms with E-state index in [4.69, 9.17) is 4.98 Å². The highest BCUT2D eigenvalue weighted by molar-refractivity contribution is 9.10. The van der Waals surface area contributed by atoms with Gasteiger partial charge < -0.3 is 4.98 Å². The maximum Gasteiger partial charge on any atom is 0.139 e. The largest absolute Gasteiger partial charge is 0.338 e. The molecule has 1 N–H and O–H groups in total. The van der Waals surface area contributed by atoms with Gasteiger partial charge in [-0.3, -0.25) is 0 Å². The van der Waals surface area contributed by atoms with E-state index in [2.05, 4.69) is 46.9 Å². The van der Waals surface area contributed by atoms with Crippen molar-refractivity contribution >= 4 is 27.0 Å². The first-order valence-corrected chi connectivity index (χ1v) is 9.88. The fourth-order valence-electron chi connectivity index (χ4n) is 3.15. The summed E-state index contributed by atoms with van der Waals surface area (Å²) in [5, 5.41) is 0. The number of hydrogen-bond donors (Lipinski definition) is 1. The van der Waals surface area contributed by atoms with Crippen LogP contribution in [0.4, 0.5) is 4.39 Å². The van der Waals surface area contributed by atoms with Crippen LogP contribution in [0.2, 0.25) is 0 Å². The average Bonchev–Trinajstić information content (AvgIpc) is 2.99. The van der Waals surface area contributed by atoms with Crippen LogP contribution in [0.1, 0.15) is 50.7 Å². The molecule has 0 aliphatic heterocycles. The van der Waals surface area contributed by atoms with Gasteiger partial charge in [0.05, 0.1) is 11.0 Å². The molecule has 0 aliphatic rings. The number of rotatable bonds is 7. The van der Waals surface area contributed by atoms with Crippen LogP contribution >= 0.6 is 15.9 Å². The predicted molar refractivity (Wildman–Crippen MR) is 106 cm³/mol. The summed E-state index contributed by atoms with van der Waals surface area (Å²) in [7, 11) is 0. The number of aromatic nitrogens is 2. The summed E-state index contributed by atoms with van der Waals surface area (Å²) in [6.07, 6.45) is 7.01. The van der Waals surface area contributed by atoms with Crippen molar-refractivity contribution in [1.82, 2.24) is 9.97 Å². The SMILES string of the molecule is CCCCc1cc2nc(-c3ccc(F)cc3Br)[nH]c2cc1CCCC. The van der Waals surface area contributed by atoms with Crippen molar-refractivity contribution in [1.29, 1.82) is 0 Å². The van der Waals surface area contributed by atoms with Crippen molar-refractivity contribution in [2.75, 3.05) is 0 Å². The zero-order chi connectivity index (χ0) is 17.8. The highest BCUT2D eigenvalue weighted by Crippen LogP contribution is 2.30. The maximum atomic E-state index is 13.3. The second kappa shape index (κ2) is 8.13. The second-order valence-corrected chi connectivity index (χ2v) is 7.41. The Morgan fingerprint density at radius 3 is 2.32 bits per heavy atom. The molecule has 0 bridgehead atoms. The van der Waals surface area contributed by atoms with Gasteiger partial charge >= 0.3 is 0 Å². The summed E-state index contributed by atoms with van der Waals surface area (Å²) < 4.78 is 14.1. The lowest BCUT2D eigenvalue weighted by atomic mass is 9.97. The number of imidazole rings is 1. The lowest BCUT2D eigenvalue weighted by molar-refractivity contribution is 0.627. The average molecular weight is 403 g/mol. The Morgan fingerprint density at radius 2 is 1.68 bits per heavy atom. The van der Waals surface area contributed by atoms with E-state index in [9.17, 15) is 4.39 Å². The Bertz CT molecular complexity index is 825. The first-order valence-electron chi connectivity index (χ1n) is 9.09. The van der Waals surface area contributed by atoms with Gasteiger partial charge in [0, 0.05) is 10.0 Å². The number of fused-ring (bicyclic) bond motifs is 1. The molecular formula is C21H24BrFN2. The number of unbranched alkanes of at least 4 members (excludes halogenated alkanes) is 2. The van der Waals surface area contributed by atoms with E-state index >= 15 is 0 Å². The molecule has 1 aromatic heterocycles. The van der Waals surface area contributed by atoms with Crippen molar-refractivity contribution in [2.24, 2.45) is 0 Å².